The molecule has 4 aromatic rings. The molecule has 0 fully saturated rings. The van der Waals surface area contributed by atoms with E-state index in [1.54, 1.807) is 42.9 Å². The van der Waals surface area contributed by atoms with Crippen LogP contribution in [-0.4, -0.2) is 21.1 Å². The highest BCUT2D eigenvalue weighted by atomic mass is 16.3. The van der Waals surface area contributed by atoms with Gasteiger partial charge in [0, 0.05) is 23.4 Å². The second-order valence-electron chi connectivity index (χ2n) is 6.01. The van der Waals surface area contributed by atoms with E-state index in [2.05, 4.69) is 20.5 Å². The van der Waals surface area contributed by atoms with E-state index in [1.165, 1.54) is 0 Å². The Bertz CT molecular complexity index is 1070. The molecule has 4 rings (SSSR count). The number of hydrogen-bond donors (Lipinski definition) is 3. The Balaban J connectivity index is 1.70. The number of fused-ring (bicyclic) bond motifs is 1. The summed E-state index contributed by atoms with van der Waals surface area (Å²) in [6, 6.07) is 10.6. The topological polar surface area (TPSA) is 110 Å². The molecule has 0 saturated carbocycles. The van der Waals surface area contributed by atoms with Crippen LogP contribution in [0.1, 0.15) is 28.9 Å². The van der Waals surface area contributed by atoms with E-state index in [9.17, 15) is 4.79 Å². The fraction of sp³-hybridized carbons (Fsp3) is 0.105. The maximum Gasteiger partial charge on any atom is 0.255 e. The largest absolute Gasteiger partial charge is 0.464 e. The van der Waals surface area contributed by atoms with E-state index in [1.807, 2.05) is 19.1 Å². The van der Waals surface area contributed by atoms with Gasteiger partial charge >= 0.3 is 0 Å². The van der Waals surface area contributed by atoms with Crippen LogP contribution in [0.3, 0.4) is 0 Å². The van der Waals surface area contributed by atoms with Crippen LogP contribution in [0, 0.1) is 0 Å². The predicted molar refractivity (Wildman–Crippen MR) is 98.6 cm³/mol. The summed E-state index contributed by atoms with van der Waals surface area (Å²) in [6.45, 7) is 1.90. The minimum absolute atomic E-state index is 0.182. The van der Waals surface area contributed by atoms with Gasteiger partial charge in [-0.25, -0.2) is 4.98 Å². The van der Waals surface area contributed by atoms with Crippen LogP contribution >= 0.6 is 0 Å². The van der Waals surface area contributed by atoms with Gasteiger partial charge in [-0.2, -0.15) is 5.10 Å². The van der Waals surface area contributed by atoms with Crippen LogP contribution in [0.4, 0.5) is 5.69 Å². The zero-order valence-corrected chi connectivity index (χ0v) is 14.1. The quantitative estimate of drug-likeness (QED) is 0.523. The van der Waals surface area contributed by atoms with E-state index >= 15 is 0 Å². The maximum atomic E-state index is 12.8. The van der Waals surface area contributed by atoms with Crippen molar-refractivity contribution >= 4 is 22.6 Å². The number of furan rings is 1. The molecule has 0 aliphatic rings. The number of carbonyl (C=O) groups excluding carboxylic acids is 1. The molecular formula is C19H17N5O2. The van der Waals surface area contributed by atoms with Crippen LogP contribution in [0.5, 0.6) is 0 Å². The lowest BCUT2D eigenvalue weighted by atomic mass is 9.97. The molecule has 130 valence electrons. The number of pyridine rings is 1. The minimum Gasteiger partial charge on any atom is -0.464 e. The Morgan fingerprint density at radius 2 is 2.19 bits per heavy atom. The third kappa shape index (κ3) is 2.84. The number of aromatic amines is 1. The summed E-state index contributed by atoms with van der Waals surface area (Å²) in [6.07, 6.45) is 4.84. The molecule has 3 heterocycles. The van der Waals surface area contributed by atoms with Gasteiger partial charge in [0.25, 0.3) is 5.91 Å². The zero-order valence-electron chi connectivity index (χ0n) is 14.1. The summed E-state index contributed by atoms with van der Waals surface area (Å²) in [5.74, 6) is 0.441. The summed E-state index contributed by atoms with van der Waals surface area (Å²) in [5.41, 5.74) is 9.55. The summed E-state index contributed by atoms with van der Waals surface area (Å²) in [7, 11) is 0. The van der Waals surface area contributed by atoms with Crippen molar-refractivity contribution in [1.29, 1.82) is 0 Å². The second kappa shape index (κ2) is 6.45. The highest BCUT2D eigenvalue weighted by Crippen LogP contribution is 2.29. The smallest absolute Gasteiger partial charge is 0.255 e. The first-order chi connectivity index (χ1) is 12.6. The first-order valence-electron chi connectivity index (χ1n) is 8.16. The van der Waals surface area contributed by atoms with Crippen LogP contribution in [-0.2, 0) is 0 Å². The number of benzene rings is 1. The van der Waals surface area contributed by atoms with Crippen molar-refractivity contribution in [3.63, 3.8) is 0 Å². The SMILES string of the molecule is CC(N)c1ccc(C(=O)Nc2ccnc3[nH]ncc23)cc1-c1ccco1. The van der Waals surface area contributed by atoms with Crippen LogP contribution in [0.15, 0.2) is 59.5 Å². The van der Waals surface area contributed by atoms with Crippen molar-refractivity contribution in [3.8, 4) is 11.3 Å². The number of aromatic nitrogens is 3. The molecule has 7 heteroatoms. The Morgan fingerprint density at radius 1 is 1.31 bits per heavy atom. The summed E-state index contributed by atoms with van der Waals surface area (Å²) in [4.78, 5) is 16.9. The molecule has 0 saturated heterocycles. The van der Waals surface area contributed by atoms with Crippen LogP contribution < -0.4 is 11.1 Å². The number of nitrogens with zero attached hydrogens (tertiary/aromatic N) is 2. The average molecular weight is 347 g/mol. The van der Waals surface area contributed by atoms with Crippen LogP contribution in [0.2, 0.25) is 0 Å². The van der Waals surface area contributed by atoms with Gasteiger partial charge in [0.15, 0.2) is 5.65 Å². The number of hydrogen-bond acceptors (Lipinski definition) is 5. The Hall–Kier alpha value is -3.45. The van der Waals surface area contributed by atoms with E-state index in [-0.39, 0.29) is 11.9 Å². The minimum atomic E-state index is -0.234. The lowest BCUT2D eigenvalue weighted by molar-refractivity contribution is 0.102. The standard InChI is InChI=1S/C19H17N5O2/c1-11(20)13-5-4-12(9-14(13)17-3-2-8-26-17)19(25)23-16-6-7-21-18-15(16)10-22-24-18/h2-11H,20H2,1H3,(H2,21,22,23,24,25). The lowest BCUT2D eigenvalue weighted by Crippen LogP contribution is -2.14. The number of nitrogens with two attached hydrogens (primary N) is 1. The maximum absolute atomic E-state index is 12.8. The zero-order chi connectivity index (χ0) is 18.1. The van der Waals surface area contributed by atoms with Gasteiger partial charge < -0.3 is 15.5 Å². The average Bonchev–Trinajstić information content (AvgIpc) is 3.33. The van der Waals surface area contributed by atoms with Crippen molar-refractivity contribution in [2.24, 2.45) is 5.73 Å². The third-order valence-electron chi connectivity index (χ3n) is 4.20. The van der Waals surface area contributed by atoms with Crippen molar-refractivity contribution in [2.45, 2.75) is 13.0 Å². The summed E-state index contributed by atoms with van der Waals surface area (Å²) < 4.78 is 5.50. The van der Waals surface area contributed by atoms with Gasteiger partial charge in [-0.15, -0.1) is 0 Å². The molecule has 4 N–H and O–H groups in total. The predicted octanol–water partition coefficient (Wildman–Crippen LogP) is 3.49. The molecule has 26 heavy (non-hydrogen) atoms. The molecule has 3 aromatic heterocycles. The number of carbonyl (C=O) groups is 1. The van der Waals surface area contributed by atoms with E-state index in [4.69, 9.17) is 10.2 Å². The van der Waals surface area contributed by atoms with Gasteiger partial charge in [-0.1, -0.05) is 6.07 Å². The molecule has 1 amide bonds. The number of nitrogens with one attached hydrogen (secondary N) is 2. The highest BCUT2D eigenvalue weighted by Gasteiger charge is 2.16. The number of amides is 1. The number of rotatable bonds is 4. The third-order valence-corrected chi connectivity index (χ3v) is 4.20. The van der Waals surface area contributed by atoms with Crippen molar-refractivity contribution in [2.75, 3.05) is 5.32 Å². The van der Waals surface area contributed by atoms with E-state index in [0.717, 1.165) is 16.5 Å². The lowest BCUT2D eigenvalue weighted by Gasteiger charge is -2.13. The Morgan fingerprint density at radius 3 is 2.96 bits per heavy atom. The second-order valence-corrected chi connectivity index (χ2v) is 6.01. The molecule has 0 aliphatic heterocycles. The molecule has 1 atom stereocenters. The van der Waals surface area contributed by atoms with Crippen molar-refractivity contribution in [3.05, 3.63) is 66.2 Å². The van der Waals surface area contributed by atoms with Gasteiger partial charge in [0.2, 0.25) is 0 Å². The monoisotopic (exact) mass is 347 g/mol. The van der Waals surface area contributed by atoms with Gasteiger partial charge in [0.1, 0.15) is 5.76 Å². The fourth-order valence-electron chi connectivity index (χ4n) is 2.89. The molecule has 7 nitrogen and oxygen atoms in total. The van der Waals surface area contributed by atoms with E-state index in [0.29, 0.717) is 22.7 Å². The number of H-pyrrole nitrogens is 1. The Kier molecular flexibility index (Phi) is 3.98. The molecule has 1 unspecified atom stereocenters. The highest BCUT2D eigenvalue weighted by molar-refractivity contribution is 6.08. The number of anilines is 1. The molecular weight excluding hydrogens is 330 g/mol. The van der Waals surface area contributed by atoms with Gasteiger partial charge in [-0.3, -0.25) is 9.89 Å². The molecule has 0 spiro atoms. The fourth-order valence-corrected chi connectivity index (χ4v) is 2.89. The molecule has 0 bridgehead atoms. The first kappa shape index (κ1) is 16.0. The first-order valence-corrected chi connectivity index (χ1v) is 8.16. The molecule has 0 aliphatic carbocycles. The van der Waals surface area contributed by atoms with E-state index < -0.39 is 0 Å². The summed E-state index contributed by atoms with van der Waals surface area (Å²) in [5, 5.41) is 10.4. The van der Waals surface area contributed by atoms with Crippen molar-refractivity contribution in [1.82, 2.24) is 15.2 Å². The molecule has 1 aromatic carbocycles. The summed E-state index contributed by atoms with van der Waals surface area (Å²) >= 11 is 0. The van der Waals surface area contributed by atoms with Crippen LogP contribution in [0.25, 0.3) is 22.4 Å². The Labute approximate surface area is 149 Å². The van der Waals surface area contributed by atoms with Gasteiger partial charge in [-0.05, 0) is 42.8 Å². The van der Waals surface area contributed by atoms with Crippen molar-refractivity contribution < 1.29 is 9.21 Å². The molecule has 0 radical (unpaired) electrons. The van der Waals surface area contributed by atoms with Gasteiger partial charge in [0.05, 0.1) is 23.5 Å². The normalized spacial score (nSPS) is 12.2.